The minimum Gasteiger partial charge on any atom is -0.473 e. The molecule has 0 aliphatic heterocycles. The van der Waals surface area contributed by atoms with E-state index in [1.165, 1.54) is 11.3 Å². The van der Waals surface area contributed by atoms with Gasteiger partial charge in [0.05, 0.1) is 6.07 Å². The second-order valence-corrected chi connectivity index (χ2v) is 3.30. The number of benzene rings is 1. The van der Waals surface area contributed by atoms with Crippen LogP contribution in [0.5, 0.6) is 0 Å². The Hall–Kier alpha value is 0.135. The van der Waals surface area contributed by atoms with Crippen LogP contribution < -0.4 is 58.2 Å². The number of fused-ring (bicyclic) bond motifs is 1. The van der Waals surface area contributed by atoms with Crippen LogP contribution in [0.25, 0.3) is 20.9 Å². The van der Waals surface area contributed by atoms with Crippen molar-refractivity contribution in [3.05, 3.63) is 28.9 Å². The summed E-state index contributed by atoms with van der Waals surface area (Å²) in [6, 6.07) is 5.09. The zero-order chi connectivity index (χ0) is 8.55. The summed E-state index contributed by atoms with van der Waals surface area (Å²) in [4.78, 5) is 7.00. The zero-order valence-electron chi connectivity index (χ0n) is 6.98. The molecule has 0 unspecified atom stereocenters. The van der Waals surface area contributed by atoms with E-state index in [2.05, 4.69) is 9.96 Å². The van der Waals surface area contributed by atoms with Crippen molar-refractivity contribution >= 4 is 32.4 Å². The summed E-state index contributed by atoms with van der Waals surface area (Å²) < 4.78 is 0.871. The number of hydrogen-bond acceptors (Lipinski definition) is 3. The van der Waals surface area contributed by atoms with Crippen molar-refractivity contribution in [3.63, 3.8) is 0 Å². The van der Waals surface area contributed by atoms with Crippen LogP contribution in [0.15, 0.2) is 18.2 Å². The molecular weight excluding hydrogens is 258 g/mol. The monoisotopic (exact) mass is 261 g/mol. The predicted octanol–water partition coefficient (Wildman–Crippen LogP) is 0.469. The molecule has 2 rings (SSSR count). The molecule has 1 N–H and O–H groups in total. The fourth-order valence-corrected chi connectivity index (χ4v) is 1.73. The van der Waals surface area contributed by atoms with Crippen molar-refractivity contribution in [2.24, 2.45) is 0 Å². The quantitative estimate of drug-likeness (QED) is 0.647. The molecular formula is C7H4N4RbS+. The molecule has 0 radical (unpaired) electrons. The second-order valence-electron chi connectivity index (χ2n) is 2.27. The van der Waals surface area contributed by atoms with Gasteiger partial charge >= 0.3 is 63.9 Å². The number of rotatable bonds is 0. The first-order chi connectivity index (χ1) is 5.79. The first-order valence-corrected chi connectivity index (χ1v) is 4.08. The van der Waals surface area contributed by atoms with Crippen LogP contribution in [-0.4, -0.2) is 4.98 Å². The summed E-state index contributed by atoms with van der Waals surface area (Å²) in [5.41, 5.74) is 8.53. The largest absolute Gasteiger partial charge is 1.00 e. The van der Waals surface area contributed by atoms with E-state index in [9.17, 15) is 0 Å². The molecule has 0 bridgehead atoms. The van der Waals surface area contributed by atoms with Crippen LogP contribution in [-0.2, 0) is 0 Å². The van der Waals surface area contributed by atoms with Crippen LogP contribution in [0.4, 0.5) is 10.8 Å². The molecule has 0 aliphatic carbocycles. The van der Waals surface area contributed by atoms with Gasteiger partial charge in [-0.2, -0.15) is 0 Å². The van der Waals surface area contributed by atoms with Crippen molar-refractivity contribution in [3.8, 4) is 0 Å². The standard InChI is InChI=1S/C7H4N4S.Rb/c8-7-10-5-2-1-4(11-9)3-6(5)12-7;/h1-3H,(H-,8,10);/q;+1. The van der Waals surface area contributed by atoms with Crippen molar-refractivity contribution in [2.45, 2.75) is 0 Å². The van der Waals surface area contributed by atoms with Crippen LogP contribution in [0.1, 0.15) is 0 Å². The fraction of sp³-hybridized carbons (Fsp3) is 0. The second kappa shape index (κ2) is 4.58. The predicted molar refractivity (Wildman–Crippen MR) is 48.3 cm³/mol. The molecule has 0 amide bonds. The zero-order valence-corrected chi connectivity index (χ0v) is 12.7. The summed E-state index contributed by atoms with van der Waals surface area (Å²) >= 11 is 1.27. The minimum atomic E-state index is 0. The van der Waals surface area contributed by atoms with Gasteiger partial charge in [0.15, 0.2) is 4.98 Å². The third-order valence-electron chi connectivity index (χ3n) is 1.49. The molecule has 1 heterocycles. The van der Waals surface area contributed by atoms with Gasteiger partial charge in [-0.1, -0.05) is 0 Å². The molecule has 0 aliphatic rings. The average Bonchev–Trinajstić information content (AvgIpc) is 2.43. The summed E-state index contributed by atoms with van der Waals surface area (Å²) in [5.74, 6) is 0. The van der Waals surface area contributed by atoms with Gasteiger partial charge in [-0.15, -0.1) is 11.3 Å². The van der Waals surface area contributed by atoms with E-state index in [4.69, 9.17) is 11.1 Å². The molecule has 6 heteroatoms. The summed E-state index contributed by atoms with van der Waals surface area (Å²) in [5, 5.41) is 8.74. The maximum Gasteiger partial charge on any atom is 1.00 e. The van der Waals surface area contributed by atoms with Crippen LogP contribution in [0.2, 0.25) is 0 Å². The third-order valence-corrected chi connectivity index (χ3v) is 2.32. The van der Waals surface area contributed by atoms with Gasteiger partial charge < -0.3 is 10.7 Å². The molecule has 4 nitrogen and oxygen atoms in total. The Labute approximate surface area is 128 Å². The Morgan fingerprint density at radius 1 is 1.46 bits per heavy atom. The molecule has 0 atom stereocenters. The van der Waals surface area contributed by atoms with Gasteiger partial charge in [0.2, 0.25) is 5.39 Å². The smallest absolute Gasteiger partial charge is 0.473 e. The number of thiazole rings is 1. The van der Waals surface area contributed by atoms with E-state index in [-0.39, 0.29) is 63.3 Å². The normalized spacial score (nSPS) is 9.15. The minimum absolute atomic E-state index is 0. The maximum absolute atomic E-state index is 8.47. The van der Waals surface area contributed by atoms with E-state index in [0.29, 0.717) is 5.69 Å². The van der Waals surface area contributed by atoms with E-state index in [1.54, 1.807) is 18.2 Å². The number of nitrogens with one attached hydrogen (secondary N) is 1. The van der Waals surface area contributed by atoms with E-state index in [1.807, 2.05) is 0 Å². The SMILES string of the molecule is N#[N+]c1ccc2nc([NH-])sc2c1.[Rb+]. The molecule has 0 saturated carbocycles. The van der Waals surface area contributed by atoms with E-state index in [0.717, 1.165) is 10.2 Å². The van der Waals surface area contributed by atoms with Crippen molar-refractivity contribution in [2.75, 3.05) is 0 Å². The van der Waals surface area contributed by atoms with Crippen molar-refractivity contribution < 1.29 is 58.2 Å². The average molecular weight is 262 g/mol. The molecule has 2 aromatic rings. The molecule has 1 aromatic carbocycles. The Morgan fingerprint density at radius 2 is 2.23 bits per heavy atom. The Bertz CT molecular complexity index is 473. The molecule has 58 valence electrons. The summed E-state index contributed by atoms with van der Waals surface area (Å²) in [6.07, 6.45) is 0. The summed E-state index contributed by atoms with van der Waals surface area (Å²) in [7, 11) is 0. The molecule has 0 spiro atoms. The van der Waals surface area contributed by atoms with Crippen molar-refractivity contribution in [1.29, 1.82) is 5.39 Å². The maximum atomic E-state index is 8.47. The molecule has 13 heavy (non-hydrogen) atoms. The van der Waals surface area contributed by atoms with E-state index < -0.39 is 0 Å². The van der Waals surface area contributed by atoms with Gasteiger partial charge in [0.1, 0.15) is 0 Å². The number of hydrogen-bond donors (Lipinski definition) is 0. The Balaban J connectivity index is 0.000000845. The third kappa shape index (κ3) is 2.33. The summed E-state index contributed by atoms with van der Waals surface area (Å²) in [6.45, 7) is 0. The topological polar surface area (TPSA) is 64.8 Å². The van der Waals surface area contributed by atoms with Gasteiger partial charge in [0, 0.05) is 10.8 Å². The van der Waals surface area contributed by atoms with E-state index >= 15 is 0 Å². The molecule has 1 aromatic heterocycles. The first kappa shape index (κ1) is 11.2. The number of aromatic nitrogens is 1. The Kier molecular flexibility index (Phi) is 3.95. The van der Waals surface area contributed by atoms with Gasteiger partial charge in [-0.05, 0) is 16.7 Å². The Morgan fingerprint density at radius 3 is 2.92 bits per heavy atom. The van der Waals surface area contributed by atoms with Gasteiger partial charge in [-0.25, -0.2) is 0 Å². The molecule has 0 saturated heterocycles. The van der Waals surface area contributed by atoms with Crippen LogP contribution >= 0.6 is 11.3 Å². The van der Waals surface area contributed by atoms with Crippen molar-refractivity contribution in [1.82, 2.24) is 4.98 Å². The van der Waals surface area contributed by atoms with Crippen LogP contribution in [0, 0.1) is 5.39 Å². The fourth-order valence-electron chi connectivity index (χ4n) is 0.976. The number of nitrogens with zero attached hydrogens (tertiary/aromatic N) is 3. The van der Waals surface area contributed by atoms with Gasteiger partial charge in [-0.3, -0.25) is 0 Å². The molecule has 0 fully saturated rings. The number of diazo groups is 1. The van der Waals surface area contributed by atoms with Crippen LogP contribution in [0.3, 0.4) is 0 Å². The van der Waals surface area contributed by atoms with Gasteiger partial charge in [0.25, 0.3) is 0 Å². The first-order valence-electron chi connectivity index (χ1n) is 3.27.